The summed E-state index contributed by atoms with van der Waals surface area (Å²) >= 11 is 4.17. The molecule has 0 saturated heterocycles. The highest BCUT2D eigenvalue weighted by Gasteiger charge is 2.12. The largest absolute Gasteiger partial charge is 0.179 e. The van der Waals surface area contributed by atoms with Gasteiger partial charge in [0.25, 0.3) is 0 Å². The molecule has 0 saturated carbocycles. The van der Waals surface area contributed by atoms with Gasteiger partial charge >= 0.3 is 0 Å². The van der Waals surface area contributed by atoms with E-state index in [-0.39, 0.29) is 0 Å². The van der Waals surface area contributed by atoms with E-state index in [0.29, 0.717) is 5.41 Å². The van der Waals surface area contributed by atoms with Crippen molar-refractivity contribution in [3.63, 3.8) is 0 Å². The van der Waals surface area contributed by atoms with Crippen molar-refractivity contribution in [2.45, 2.75) is 40.0 Å². The van der Waals surface area contributed by atoms with E-state index in [1.165, 1.54) is 19.3 Å². The third-order valence-electron chi connectivity index (χ3n) is 1.97. The van der Waals surface area contributed by atoms with Gasteiger partial charge in [-0.15, -0.1) is 0 Å². The van der Waals surface area contributed by atoms with Crippen LogP contribution in [0.1, 0.15) is 40.0 Å². The van der Waals surface area contributed by atoms with E-state index in [0.717, 1.165) is 5.75 Å². The molecule has 0 nitrogen and oxygen atoms in total. The Balaban J connectivity index is 3.33. The van der Waals surface area contributed by atoms with E-state index in [4.69, 9.17) is 0 Å². The summed E-state index contributed by atoms with van der Waals surface area (Å²) < 4.78 is 0. The maximum Gasteiger partial charge on any atom is -0.00977 e. The molecule has 0 rings (SSSR count). The number of hydrogen-bond donors (Lipinski definition) is 1. The molecule has 0 aromatic rings. The fraction of sp³-hybridized carbons (Fsp3) is 1.00. The average Bonchev–Trinajstić information content (AvgIpc) is 1.84. The van der Waals surface area contributed by atoms with Crippen LogP contribution in [0.3, 0.4) is 0 Å². The molecule has 0 aliphatic rings. The number of thiol groups is 1. The first-order valence-corrected chi connectivity index (χ1v) is 4.36. The quantitative estimate of drug-likeness (QED) is 0.579. The van der Waals surface area contributed by atoms with Crippen molar-refractivity contribution in [2.75, 3.05) is 5.75 Å². The fourth-order valence-electron chi connectivity index (χ4n) is 0.734. The predicted octanol–water partition coefficient (Wildman–Crippen LogP) is 3.13. The monoisotopic (exact) mass is 146 g/mol. The molecule has 56 valence electrons. The molecule has 0 amide bonds. The molecular weight excluding hydrogens is 128 g/mol. The van der Waals surface area contributed by atoms with Crippen LogP contribution < -0.4 is 0 Å². The Bertz CT molecular complexity index is 67.0. The molecule has 0 aromatic carbocycles. The van der Waals surface area contributed by atoms with Gasteiger partial charge in [0.1, 0.15) is 0 Å². The molecule has 9 heavy (non-hydrogen) atoms. The standard InChI is InChI=1S/C8H18S/c1-4-8(2,3)6-5-7-9/h9H,4-7H2,1-3H3. The van der Waals surface area contributed by atoms with Gasteiger partial charge in [-0.05, 0) is 24.0 Å². The summed E-state index contributed by atoms with van der Waals surface area (Å²) in [4.78, 5) is 0. The Morgan fingerprint density at radius 1 is 1.33 bits per heavy atom. The Morgan fingerprint density at radius 3 is 2.22 bits per heavy atom. The van der Waals surface area contributed by atoms with E-state index in [9.17, 15) is 0 Å². The maximum absolute atomic E-state index is 4.17. The summed E-state index contributed by atoms with van der Waals surface area (Å²) in [6, 6.07) is 0. The molecule has 0 aliphatic carbocycles. The molecule has 0 spiro atoms. The zero-order valence-electron chi connectivity index (χ0n) is 6.78. The first kappa shape index (κ1) is 9.35. The van der Waals surface area contributed by atoms with E-state index in [1.54, 1.807) is 0 Å². The van der Waals surface area contributed by atoms with Gasteiger partial charge < -0.3 is 0 Å². The first-order chi connectivity index (χ1) is 4.12. The number of rotatable bonds is 4. The topological polar surface area (TPSA) is 0 Å². The van der Waals surface area contributed by atoms with E-state index < -0.39 is 0 Å². The van der Waals surface area contributed by atoms with Gasteiger partial charge in [-0.25, -0.2) is 0 Å². The van der Waals surface area contributed by atoms with Crippen LogP contribution in [0.25, 0.3) is 0 Å². The van der Waals surface area contributed by atoms with Crippen molar-refractivity contribution >= 4 is 12.6 Å². The highest BCUT2D eigenvalue weighted by molar-refractivity contribution is 7.80. The summed E-state index contributed by atoms with van der Waals surface area (Å²) in [6.45, 7) is 6.88. The molecule has 0 heterocycles. The molecule has 0 N–H and O–H groups in total. The molecule has 0 aromatic heterocycles. The van der Waals surface area contributed by atoms with Crippen LogP contribution >= 0.6 is 12.6 Å². The maximum atomic E-state index is 4.17. The lowest BCUT2D eigenvalue weighted by atomic mass is 9.86. The summed E-state index contributed by atoms with van der Waals surface area (Å²) in [5, 5.41) is 0. The molecule has 0 unspecified atom stereocenters. The minimum Gasteiger partial charge on any atom is -0.179 e. The van der Waals surface area contributed by atoms with Crippen LogP contribution in [0, 0.1) is 5.41 Å². The van der Waals surface area contributed by atoms with E-state index in [2.05, 4.69) is 33.4 Å². The van der Waals surface area contributed by atoms with E-state index in [1.807, 2.05) is 0 Å². The molecule has 0 fully saturated rings. The second kappa shape index (κ2) is 4.21. The lowest BCUT2D eigenvalue weighted by molar-refractivity contribution is 0.320. The summed E-state index contributed by atoms with van der Waals surface area (Å²) in [7, 11) is 0. The lowest BCUT2D eigenvalue weighted by Gasteiger charge is -2.21. The van der Waals surface area contributed by atoms with Crippen molar-refractivity contribution < 1.29 is 0 Å². The fourth-order valence-corrected chi connectivity index (χ4v) is 0.893. The number of hydrogen-bond acceptors (Lipinski definition) is 1. The summed E-state index contributed by atoms with van der Waals surface area (Å²) in [5.74, 6) is 1.03. The Labute approximate surface area is 64.4 Å². The lowest BCUT2D eigenvalue weighted by Crippen LogP contribution is -2.08. The van der Waals surface area contributed by atoms with Gasteiger partial charge in [0.15, 0.2) is 0 Å². The molecule has 0 bridgehead atoms. The van der Waals surface area contributed by atoms with Crippen molar-refractivity contribution in [1.82, 2.24) is 0 Å². The van der Waals surface area contributed by atoms with E-state index >= 15 is 0 Å². The van der Waals surface area contributed by atoms with Crippen LogP contribution in [0.5, 0.6) is 0 Å². The Kier molecular flexibility index (Phi) is 4.37. The first-order valence-electron chi connectivity index (χ1n) is 3.73. The van der Waals surface area contributed by atoms with Crippen LogP contribution in [0.15, 0.2) is 0 Å². The molecule has 0 radical (unpaired) electrons. The third-order valence-corrected chi connectivity index (χ3v) is 2.29. The predicted molar refractivity (Wildman–Crippen MR) is 47.2 cm³/mol. The minimum atomic E-state index is 0.544. The van der Waals surface area contributed by atoms with Crippen LogP contribution in [-0.4, -0.2) is 5.75 Å². The van der Waals surface area contributed by atoms with Crippen molar-refractivity contribution in [3.8, 4) is 0 Å². The minimum absolute atomic E-state index is 0.544. The Morgan fingerprint density at radius 2 is 1.89 bits per heavy atom. The second-order valence-corrected chi connectivity index (χ2v) is 3.79. The van der Waals surface area contributed by atoms with Crippen LogP contribution in [-0.2, 0) is 0 Å². The van der Waals surface area contributed by atoms with Gasteiger partial charge in [0.2, 0.25) is 0 Å². The Hall–Kier alpha value is 0.350. The smallest absolute Gasteiger partial charge is 0.00977 e. The third kappa shape index (κ3) is 4.83. The summed E-state index contributed by atoms with van der Waals surface area (Å²) in [5.41, 5.74) is 0.544. The average molecular weight is 146 g/mol. The normalized spacial score (nSPS) is 12.0. The second-order valence-electron chi connectivity index (χ2n) is 3.34. The van der Waals surface area contributed by atoms with Gasteiger partial charge in [-0.3, -0.25) is 0 Å². The molecular formula is C8H18S. The van der Waals surface area contributed by atoms with Crippen LogP contribution in [0.4, 0.5) is 0 Å². The van der Waals surface area contributed by atoms with Gasteiger partial charge in [-0.2, -0.15) is 12.6 Å². The summed E-state index contributed by atoms with van der Waals surface area (Å²) in [6.07, 6.45) is 3.84. The highest BCUT2D eigenvalue weighted by atomic mass is 32.1. The van der Waals surface area contributed by atoms with Gasteiger partial charge in [-0.1, -0.05) is 27.2 Å². The van der Waals surface area contributed by atoms with Crippen LogP contribution in [0.2, 0.25) is 0 Å². The zero-order chi connectivity index (χ0) is 7.33. The molecule has 1 heteroatoms. The zero-order valence-corrected chi connectivity index (χ0v) is 7.67. The van der Waals surface area contributed by atoms with Crippen molar-refractivity contribution in [1.29, 1.82) is 0 Å². The molecule has 0 aliphatic heterocycles. The SMILES string of the molecule is CCC(C)(C)CCCS. The van der Waals surface area contributed by atoms with Crippen molar-refractivity contribution in [2.24, 2.45) is 5.41 Å². The van der Waals surface area contributed by atoms with Gasteiger partial charge in [0.05, 0.1) is 0 Å². The van der Waals surface area contributed by atoms with Crippen molar-refractivity contribution in [3.05, 3.63) is 0 Å². The molecule has 0 atom stereocenters. The highest BCUT2D eigenvalue weighted by Crippen LogP contribution is 2.25. The van der Waals surface area contributed by atoms with Gasteiger partial charge in [0, 0.05) is 0 Å².